The van der Waals surface area contributed by atoms with Gasteiger partial charge in [-0.05, 0) is 24.5 Å². The molecule has 2 N–H and O–H groups in total. The number of nitrogens with zero attached hydrogens (tertiary/aromatic N) is 1. The van der Waals surface area contributed by atoms with Crippen molar-refractivity contribution >= 4 is 39.1 Å². The first-order valence-corrected chi connectivity index (χ1v) is 8.61. The fourth-order valence-electron chi connectivity index (χ4n) is 1.69. The van der Waals surface area contributed by atoms with Crippen LogP contribution in [-0.2, 0) is 10.0 Å². The lowest BCUT2D eigenvalue weighted by Crippen LogP contribution is -2.29. The highest BCUT2D eigenvalue weighted by atomic mass is 35.5. The van der Waals surface area contributed by atoms with Crippen molar-refractivity contribution in [2.45, 2.75) is 25.2 Å². The van der Waals surface area contributed by atoms with Crippen LogP contribution in [0, 0.1) is 5.92 Å². The molecule has 0 unspecified atom stereocenters. The van der Waals surface area contributed by atoms with Crippen LogP contribution in [0.2, 0.25) is 10.0 Å². The Balaban J connectivity index is 3.19. The van der Waals surface area contributed by atoms with E-state index in [0.29, 0.717) is 12.5 Å². The zero-order valence-corrected chi connectivity index (χ0v) is 14.4. The second-order valence-corrected chi connectivity index (χ2v) is 7.56. The molecule has 0 aromatic heterocycles. The molecule has 0 aliphatic carbocycles. The number of hydrogen-bond acceptors (Lipinski definition) is 3. The van der Waals surface area contributed by atoms with Crippen LogP contribution in [0.1, 0.15) is 30.6 Å². The topological polar surface area (TPSA) is 80.5 Å². The van der Waals surface area contributed by atoms with Gasteiger partial charge in [-0.15, -0.1) is 0 Å². The van der Waals surface area contributed by atoms with Crippen LogP contribution in [-0.4, -0.2) is 32.8 Å². The Morgan fingerprint density at radius 3 is 2.38 bits per heavy atom. The van der Waals surface area contributed by atoms with E-state index in [4.69, 9.17) is 28.3 Å². The lowest BCUT2D eigenvalue weighted by atomic mass is 10.1. The van der Waals surface area contributed by atoms with Crippen LogP contribution in [0.15, 0.2) is 17.0 Å². The summed E-state index contributed by atoms with van der Waals surface area (Å²) in [6.45, 7) is 4.62. The van der Waals surface area contributed by atoms with E-state index in [1.807, 2.05) is 13.8 Å². The first-order chi connectivity index (χ1) is 9.54. The SMILES string of the molecule is CC(C)CCN(C)C(=O)c1cc(Cl)cc(S(N)(=O)=O)c1Cl. The minimum absolute atomic E-state index is 0.0273. The molecule has 0 saturated carbocycles. The van der Waals surface area contributed by atoms with Gasteiger partial charge in [0.15, 0.2) is 0 Å². The van der Waals surface area contributed by atoms with Gasteiger partial charge in [-0.1, -0.05) is 37.0 Å². The van der Waals surface area contributed by atoms with Crippen LogP contribution >= 0.6 is 23.2 Å². The second-order valence-electron chi connectivity index (χ2n) is 5.22. The summed E-state index contributed by atoms with van der Waals surface area (Å²) in [7, 11) is -2.43. The van der Waals surface area contributed by atoms with Crippen molar-refractivity contribution in [3.8, 4) is 0 Å². The highest BCUT2D eigenvalue weighted by Crippen LogP contribution is 2.29. The molecule has 0 aliphatic rings. The highest BCUT2D eigenvalue weighted by Gasteiger charge is 2.23. The molecule has 0 aliphatic heterocycles. The molecule has 1 aromatic carbocycles. The van der Waals surface area contributed by atoms with Crippen LogP contribution < -0.4 is 5.14 Å². The van der Waals surface area contributed by atoms with E-state index in [9.17, 15) is 13.2 Å². The maximum absolute atomic E-state index is 12.4. The third kappa shape index (κ3) is 4.85. The predicted octanol–water partition coefficient (Wildman–Crippen LogP) is 2.76. The van der Waals surface area contributed by atoms with E-state index in [1.54, 1.807) is 7.05 Å². The van der Waals surface area contributed by atoms with Crippen molar-refractivity contribution in [1.82, 2.24) is 4.90 Å². The van der Waals surface area contributed by atoms with Crippen LogP contribution in [0.25, 0.3) is 0 Å². The molecule has 0 fully saturated rings. The Kier molecular flexibility index (Phi) is 6.04. The number of amides is 1. The van der Waals surface area contributed by atoms with Crippen LogP contribution in [0.4, 0.5) is 0 Å². The van der Waals surface area contributed by atoms with E-state index >= 15 is 0 Å². The summed E-state index contributed by atoms with van der Waals surface area (Å²) >= 11 is 11.9. The van der Waals surface area contributed by atoms with Crippen molar-refractivity contribution in [2.24, 2.45) is 11.1 Å². The lowest BCUT2D eigenvalue weighted by molar-refractivity contribution is 0.0789. The Morgan fingerprint density at radius 1 is 1.33 bits per heavy atom. The second kappa shape index (κ2) is 6.96. The fraction of sp³-hybridized carbons (Fsp3) is 0.462. The lowest BCUT2D eigenvalue weighted by Gasteiger charge is -2.19. The van der Waals surface area contributed by atoms with Crippen LogP contribution in [0.3, 0.4) is 0 Å². The van der Waals surface area contributed by atoms with Gasteiger partial charge in [-0.3, -0.25) is 4.79 Å². The maximum atomic E-state index is 12.4. The number of primary sulfonamides is 1. The molecule has 118 valence electrons. The van der Waals surface area contributed by atoms with E-state index in [0.717, 1.165) is 12.5 Å². The molecule has 21 heavy (non-hydrogen) atoms. The van der Waals surface area contributed by atoms with Gasteiger partial charge in [-0.25, -0.2) is 13.6 Å². The number of hydrogen-bond donors (Lipinski definition) is 1. The van der Waals surface area contributed by atoms with E-state index < -0.39 is 15.9 Å². The largest absolute Gasteiger partial charge is 0.342 e. The molecule has 0 spiro atoms. The van der Waals surface area contributed by atoms with Gasteiger partial charge in [0.1, 0.15) is 4.90 Å². The van der Waals surface area contributed by atoms with Gasteiger partial charge in [0.05, 0.1) is 10.6 Å². The smallest absolute Gasteiger partial charge is 0.255 e. The zero-order chi connectivity index (χ0) is 16.4. The van der Waals surface area contributed by atoms with Crippen molar-refractivity contribution in [3.05, 3.63) is 27.7 Å². The zero-order valence-electron chi connectivity index (χ0n) is 12.1. The molecule has 0 atom stereocenters. The predicted molar refractivity (Wildman–Crippen MR) is 84.3 cm³/mol. The Hall–Kier alpha value is -0.820. The highest BCUT2D eigenvalue weighted by molar-refractivity contribution is 7.89. The van der Waals surface area contributed by atoms with E-state index in [2.05, 4.69) is 0 Å². The normalized spacial score (nSPS) is 11.8. The van der Waals surface area contributed by atoms with Crippen molar-refractivity contribution in [3.63, 3.8) is 0 Å². The summed E-state index contributed by atoms with van der Waals surface area (Å²) in [5.74, 6) is 0.0445. The fourth-order valence-corrected chi connectivity index (χ4v) is 3.13. The van der Waals surface area contributed by atoms with Crippen molar-refractivity contribution in [2.75, 3.05) is 13.6 Å². The Morgan fingerprint density at radius 2 is 1.90 bits per heavy atom. The van der Waals surface area contributed by atoms with Gasteiger partial charge in [-0.2, -0.15) is 0 Å². The number of halogens is 2. The van der Waals surface area contributed by atoms with E-state index in [-0.39, 0.29) is 20.5 Å². The number of carbonyl (C=O) groups excluding carboxylic acids is 1. The maximum Gasteiger partial charge on any atom is 0.255 e. The third-order valence-electron chi connectivity index (χ3n) is 2.93. The van der Waals surface area contributed by atoms with Crippen molar-refractivity contribution in [1.29, 1.82) is 0 Å². The van der Waals surface area contributed by atoms with Gasteiger partial charge in [0.2, 0.25) is 10.0 Å². The summed E-state index contributed by atoms with van der Waals surface area (Å²) in [5.41, 5.74) is 0.0273. The molecule has 8 heteroatoms. The molecule has 1 rings (SSSR count). The molecular weight excluding hydrogens is 335 g/mol. The first-order valence-electron chi connectivity index (χ1n) is 6.31. The van der Waals surface area contributed by atoms with Gasteiger partial charge < -0.3 is 4.90 Å². The third-order valence-corrected chi connectivity index (χ3v) is 4.60. The first kappa shape index (κ1) is 18.2. The van der Waals surface area contributed by atoms with Gasteiger partial charge >= 0.3 is 0 Å². The average Bonchev–Trinajstić information content (AvgIpc) is 2.36. The molecule has 1 aromatic rings. The van der Waals surface area contributed by atoms with E-state index in [1.165, 1.54) is 11.0 Å². The molecule has 1 amide bonds. The molecule has 5 nitrogen and oxygen atoms in total. The quantitative estimate of drug-likeness (QED) is 0.884. The minimum atomic E-state index is -4.05. The summed E-state index contributed by atoms with van der Waals surface area (Å²) in [6, 6.07) is 2.47. The number of sulfonamides is 1. The van der Waals surface area contributed by atoms with Gasteiger partial charge in [0, 0.05) is 18.6 Å². The number of benzene rings is 1. The molecule has 0 saturated heterocycles. The average molecular weight is 353 g/mol. The summed E-state index contributed by atoms with van der Waals surface area (Å²) in [4.78, 5) is 13.5. The monoisotopic (exact) mass is 352 g/mol. The molecule has 0 bridgehead atoms. The van der Waals surface area contributed by atoms with Crippen LogP contribution in [0.5, 0.6) is 0 Å². The number of carbonyl (C=O) groups is 1. The standard InChI is InChI=1S/C13H18Cl2N2O3S/c1-8(2)4-5-17(3)13(18)10-6-9(14)7-11(12(10)15)21(16,19)20/h6-8H,4-5H2,1-3H3,(H2,16,19,20). The Bertz CT molecular complexity index is 645. The molecule has 0 radical (unpaired) electrons. The molecular formula is C13H18Cl2N2O3S. The Labute approximate surface area is 135 Å². The molecule has 0 heterocycles. The summed E-state index contributed by atoms with van der Waals surface area (Å²) < 4.78 is 23.0. The number of rotatable bonds is 5. The summed E-state index contributed by atoms with van der Waals surface area (Å²) in [6.07, 6.45) is 0.822. The number of nitrogens with two attached hydrogens (primary N) is 1. The minimum Gasteiger partial charge on any atom is -0.342 e. The summed E-state index contributed by atoms with van der Waals surface area (Å²) in [5, 5.41) is 4.96. The van der Waals surface area contributed by atoms with Gasteiger partial charge in [0.25, 0.3) is 5.91 Å². The van der Waals surface area contributed by atoms with Crippen molar-refractivity contribution < 1.29 is 13.2 Å².